The summed E-state index contributed by atoms with van der Waals surface area (Å²) < 4.78 is 0. The standard InChI is InChI=1S/C23H19Cl2N3O3/c1-11-8-14-19(15(25)9-11)26-22(31)23(14)18-17(16-6-3-7-27(16)23)20(29)28(21(18)30)13-5-2-4-12(24)10-13/h2,4-5,8-10,16-18H,3,6-7H2,1H3,(H,26,31)/t16-,17+,18-,23+/m0/s1. The van der Waals surface area contributed by atoms with Gasteiger partial charge in [0.2, 0.25) is 11.8 Å². The molecular formula is C23H19Cl2N3O3. The van der Waals surface area contributed by atoms with Crippen LogP contribution < -0.4 is 10.2 Å². The molecule has 0 unspecified atom stereocenters. The lowest BCUT2D eigenvalue weighted by atomic mass is 9.75. The summed E-state index contributed by atoms with van der Waals surface area (Å²) in [6, 6.07) is 10.3. The van der Waals surface area contributed by atoms with Gasteiger partial charge in [-0.2, -0.15) is 0 Å². The molecule has 0 saturated carbocycles. The normalized spacial score (nSPS) is 31.4. The van der Waals surface area contributed by atoms with E-state index in [4.69, 9.17) is 23.2 Å². The Morgan fingerprint density at radius 1 is 1.10 bits per heavy atom. The van der Waals surface area contributed by atoms with Crippen LogP contribution in [-0.4, -0.2) is 35.2 Å². The van der Waals surface area contributed by atoms with Crippen LogP contribution in [0.15, 0.2) is 36.4 Å². The van der Waals surface area contributed by atoms with Crippen molar-refractivity contribution in [1.29, 1.82) is 0 Å². The van der Waals surface area contributed by atoms with Crippen LogP contribution in [-0.2, 0) is 19.9 Å². The fourth-order valence-corrected chi connectivity index (χ4v) is 6.77. The summed E-state index contributed by atoms with van der Waals surface area (Å²) >= 11 is 12.6. The number of halogens is 2. The summed E-state index contributed by atoms with van der Waals surface area (Å²) in [5, 5.41) is 3.82. The van der Waals surface area contributed by atoms with E-state index in [1.807, 2.05) is 13.0 Å². The summed E-state index contributed by atoms with van der Waals surface area (Å²) in [5.74, 6) is -2.27. The number of hydrogen-bond donors (Lipinski definition) is 1. The number of nitrogens with zero attached hydrogens (tertiary/aromatic N) is 2. The van der Waals surface area contributed by atoms with Gasteiger partial charge in [-0.15, -0.1) is 0 Å². The highest BCUT2D eigenvalue weighted by molar-refractivity contribution is 6.35. The minimum absolute atomic E-state index is 0.165. The fourth-order valence-electron chi connectivity index (χ4n) is 6.27. The molecule has 3 fully saturated rings. The summed E-state index contributed by atoms with van der Waals surface area (Å²) in [6.45, 7) is 2.57. The van der Waals surface area contributed by atoms with Gasteiger partial charge >= 0.3 is 0 Å². The van der Waals surface area contributed by atoms with Crippen LogP contribution in [0.4, 0.5) is 11.4 Å². The van der Waals surface area contributed by atoms with E-state index in [0.29, 0.717) is 33.5 Å². The van der Waals surface area contributed by atoms with Gasteiger partial charge in [-0.25, -0.2) is 4.90 Å². The van der Waals surface area contributed by atoms with Crippen LogP contribution in [0.25, 0.3) is 0 Å². The summed E-state index contributed by atoms with van der Waals surface area (Å²) in [7, 11) is 0. The van der Waals surface area contributed by atoms with Gasteiger partial charge < -0.3 is 5.32 Å². The van der Waals surface area contributed by atoms with E-state index < -0.39 is 17.4 Å². The first-order valence-corrected chi connectivity index (χ1v) is 11.1. The first-order valence-electron chi connectivity index (χ1n) is 10.4. The van der Waals surface area contributed by atoms with Crippen LogP contribution >= 0.6 is 23.2 Å². The number of rotatable bonds is 1. The Morgan fingerprint density at radius 2 is 1.90 bits per heavy atom. The van der Waals surface area contributed by atoms with E-state index >= 15 is 0 Å². The van der Waals surface area contributed by atoms with Crippen LogP contribution in [0.3, 0.4) is 0 Å². The van der Waals surface area contributed by atoms with Crippen LogP contribution in [0.5, 0.6) is 0 Å². The molecule has 158 valence electrons. The predicted molar refractivity (Wildman–Crippen MR) is 117 cm³/mol. The molecule has 2 aromatic rings. The number of amides is 3. The number of imide groups is 1. The second kappa shape index (κ2) is 6.31. The minimum atomic E-state index is -1.23. The number of nitrogens with one attached hydrogen (secondary N) is 1. The van der Waals surface area contributed by atoms with Crippen LogP contribution in [0.2, 0.25) is 10.0 Å². The largest absolute Gasteiger partial charge is 0.323 e. The van der Waals surface area contributed by atoms with E-state index in [0.717, 1.165) is 18.4 Å². The Labute approximate surface area is 189 Å². The number of carbonyl (C=O) groups is 3. The number of carbonyl (C=O) groups excluding carboxylic acids is 3. The zero-order chi connectivity index (χ0) is 21.7. The molecule has 3 saturated heterocycles. The molecule has 4 aliphatic heterocycles. The van der Waals surface area contributed by atoms with Crippen molar-refractivity contribution < 1.29 is 14.4 Å². The van der Waals surface area contributed by atoms with Crippen molar-refractivity contribution in [3.8, 4) is 0 Å². The number of anilines is 2. The van der Waals surface area contributed by atoms with E-state index in [1.165, 1.54) is 4.90 Å². The smallest absolute Gasteiger partial charge is 0.250 e. The van der Waals surface area contributed by atoms with Gasteiger partial charge in [0, 0.05) is 16.6 Å². The second-order valence-corrected chi connectivity index (χ2v) is 9.63. The molecule has 1 spiro atoms. The maximum Gasteiger partial charge on any atom is 0.250 e. The van der Waals surface area contributed by atoms with E-state index in [2.05, 4.69) is 10.2 Å². The van der Waals surface area contributed by atoms with Gasteiger partial charge in [0.15, 0.2) is 0 Å². The molecule has 6 rings (SSSR count). The van der Waals surface area contributed by atoms with Crippen molar-refractivity contribution in [3.63, 3.8) is 0 Å². The Hall–Kier alpha value is -2.41. The number of benzene rings is 2. The lowest BCUT2D eigenvalue weighted by Gasteiger charge is -2.36. The third-order valence-electron chi connectivity index (χ3n) is 7.26. The summed E-state index contributed by atoms with van der Waals surface area (Å²) in [5.41, 5.74) is 1.37. The van der Waals surface area contributed by atoms with Crippen molar-refractivity contribution in [2.75, 3.05) is 16.8 Å². The minimum Gasteiger partial charge on any atom is -0.323 e. The van der Waals surface area contributed by atoms with Crippen molar-refractivity contribution >= 4 is 52.3 Å². The maximum absolute atomic E-state index is 13.8. The monoisotopic (exact) mass is 455 g/mol. The Balaban J connectivity index is 1.58. The van der Waals surface area contributed by atoms with Crippen molar-refractivity contribution in [2.45, 2.75) is 31.3 Å². The van der Waals surface area contributed by atoms with Crippen molar-refractivity contribution in [1.82, 2.24) is 4.90 Å². The Morgan fingerprint density at radius 3 is 2.68 bits per heavy atom. The molecular weight excluding hydrogens is 437 g/mol. The van der Waals surface area contributed by atoms with Crippen molar-refractivity contribution in [3.05, 3.63) is 57.6 Å². The number of aryl methyl sites for hydroxylation is 1. The van der Waals surface area contributed by atoms with Crippen LogP contribution in [0.1, 0.15) is 24.0 Å². The van der Waals surface area contributed by atoms with E-state index in [-0.39, 0.29) is 23.8 Å². The predicted octanol–water partition coefficient (Wildman–Crippen LogP) is 3.73. The molecule has 2 aromatic carbocycles. The molecule has 6 nitrogen and oxygen atoms in total. The molecule has 8 heteroatoms. The third-order valence-corrected chi connectivity index (χ3v) is 7.80. The highest BCUT2D eigenvalue weighted by Gasteiger charge is 2.74. The van der Waals surface area contributed by atoms with Gasteiger partial charge in [-0.1, -0.05) is 35.3 Å². The zero-order valence-electron chi connectivity index (χ0n) is 16.7. The molecule has 1 N–H and O–H groups in total. The molecule has 4 atom stereocenters. The van der Waals surface area contributed by atoms with Crippen LogP contribution in [0, 0.1) is 18.8 Å². The number of fused-ring (bicyclic) bond motifs is 7. The summed E-state index contributed by atoms with van der Waals surface area (Å²) in [4.78, 5) is 44.4. The quantitative estimate of drug-likeness (QED) is 0.665. The Bertz CT molecular complexity index is 1200. The number of hydrogen-bond acceptors (Lipinski definition) is 4. The average Bonchev–Trinajstić information content (AvgIpc) is 3.41. The van der Waals surface area contributed by atoms with Gasteiger partial charge in [-0.3, -0.25) is 19.3 Å². The first-order chi connectivity index (χ1) is 14.9. The molecule has 4 heterocycles. The van der Waals surface area contributed by atoms with Gasteiger partial charge in [0.25, 0.3) is 5.91 Å². The third kappa shape index (κ3) is 2.25. The van der Waals surface area contributed by atoms with Gasteiger partial charge in [-0.05, 0) is 56.1 Å². The van der Waals surface area contributed by atoms with Gasteiger partial charge in [0.1, 0.15) is 5.54 Å². The highest BCUT2D eigenvalue weighted by atomic mass is 35.5. The topological polar surface area (TPSA) is 69.7 Å². The van der Waals surface area contributed by atoms with E-state index in [1.54, 1.807) is 30.3 Å². The fraction of sp³-hybridized carbons (Fsp3) is 0.348. The second-order valence-electron chi connectivity index (χ2n) is 8.79. The lowest BCUT2D eigenvalue weighted by Crippen LogP contribution is -2.54. The van der Waals surface area contributed by atoms with Crippen molar-refractivity contribution in [2.24, 2.45) is 11.8 Å². The van der Waals surface area contributed by atoms with E-state index in [9.17, 15) is 14.4 Å². The molecule has 0 radical (unpaired) electrons. The highest BCUT2D eigenvalue weighted by Crippen LogP contribution is 2.61. The summed E-state index contributed by atoms with van der Waals surface area (Å²) in [6.07, 6.45) is 1.64. The molecule has 3 amide bonds. The van der Waals surface area contributed by atoms with Gasteiger partial charge in [0.05, 0.1) is 28.2 Å². The molecule has 31 heavy (non-hydrogen) atoms. The molecule has 4 aliphatic rings. The first kappa shape index (κ1) is 19.3. The maximum atomic E-state index is 13.8. The molecule has 0 aliphatic carbocycles. The lowest BCUT2D eigenvalue weighted by molar-refractivity contribution is -0.135. The molecule has 0 bridgehead atoms. The Kier molecular flexibility index (Phi) is 3.93. The molecule has 0 aromatic heterocycles. The SMILES string of the molecule is Cc1cc(Cl)c2c(c1)[C@]1(C(=O)N2)[C@@H]2C(=O)N(c3cccc(Cl)c3)C(=O)[C@@H]2[C@@H]2CCCN21. The zero-order valence-corrected chi connectivity index (χ0v) is 18.2. The average molecular weight is 456 g/mol.